The van der Waals surface area contributed by atoms with Crippen molar-refractivity contribution in [3.05, 3.63) is 30.3 Å². The summed E-state index contributed by atoms with van der Waals surface area (Å²) in [4.78, 5) is 0.407. The topological polar surface area (TPSA) is 37.4 Å². The molecule has 1 aliphatic heterocycles. The summed E-state index contributed by atoms with van der Waals surface area (Å²) in [5.74, 6) is 0.430. The number of benzene rings is 1. The zero-order valence-electron chi connectivity index (χ0n) is 12.0. The highest BCUT2D eigenvalue weighted by Crippen LogP contribution is 2.34. The summed E-state index contributed by atoms with van der Waals surface area (Å²) >= 11 is 0. The average Bonchev–Trinajstić information content (AvgIpc) is 2.39. The van der Waals surface area contributed by atoms with Crippen molar-refractivity contribution in [2.45, 2.75) is 38.5 Å². The highest BCUT2D eigenvalue weighted by molar-refractivity contribution is 7.89. The van der Waals surface area contributed by atoms with E-state index in [1.54, 1.807) is 28.6 Å². The van der Waals surface area contributed by atoms with Crippen LogP contribution in [0.4, 0.5) is 0 Å². The Balaban J connectivity index is 2.22. The summed E-state index contributed by atoms with van der Waals surface area (Å²) in [5.41, 5.74) is 0.158. The van der Waals surface area contributed by atoms with Crippen molar-refractivity contribution in [2.24, 2.45) is 11.3 Å². The van der Waals surface area contributed by atoms with Crippen molar-refractivity contribution < 1.29 is 8.42 Å². The van der Waals surface area contributed by atoms with Crippen LogP contribution in [0.5, 0.6) is 0 Å². The van der Waals surface area contributed by atoms with Gasteiger partial charge in [0.25, 0.3) is 0 Å². The van der Waals surface area contributed by atoms with E-state index in [0.29, 0.717) is 23.9 Å². The van der Waals surface area contributed by atoms with Crippen LogP contribution in [0.15, 0.2) is 35.2 Å². The van der Waals surface area contributed by atoms with E-state index < -0.39 is 10.0 Å². The van der Waals surface area contributed by atoms with Crippen LogP contribution in [-0.4, -0.2) is 25.8 Å². The first-order chi connectivity index (χ1) is 8.82. The minimum absolute atomic E-state index is 0.158. The van der Waals surface area contributed by atoms with Crippen molar-refractivity contribution in [3.63, 3.8) is 0 Å². The fourth-order valence-electron chi connectivity index (χ4n) is 2.61. The molecule has 1 saturated heterocycles. The second-order valence-electron chi connectivity index (χ2n) is 6.38. The number of hydrogen-bond acceptors (Lipinski definition) is 2. The summed E-state index contributed by atoms with van der Waals surface area (Å²) in [7, 11) is -3.32. The van der Waals surface area contributed by atoms with Crippen LogP contribution in [0.25, 0.3) is 0 Å². The smallest absolute Gasteiger partial charge is 0.207 e. The van der Waals surface area contributed by atoms with Crippen LogP contribution >= 0.6 is 0 Å². The maximum atomic E-state index is 12.6. The molecule has 4 heteroatoms. The van der Waals surface area contributed by atoms with Gasteiger partial charge in [-0.15, -0.1) is 0 Å². The summed E-state index contributed by atoms with van der Waals surface area (Å²) < 4.78 is 26.8. The van der Waals surface area contributed by atoms with Crippen LogP contribution in [0.2, 0.25) is 0 Å². The van der Waals surface area contributed by atoms with Crippen LogP contribution in [0.1, 0.15) is 33.6 Å². The third-order valence-electron chi connectivity index (χ3n) is 3.99. The second kappa shape index (κ2) is 5.25. The summed E-state index contributed by atoms with van der Waals surface area (Å²) in [6.45, 7) is 7.85. The molecule has 0 saturated carbocycles. The van der Waals surface area contributed by atoms with E-state index in [9.17, 15) is 8.42 Å². The van der Waals surface area contributed by atoms with Crippen molar-refractivity contribution in [3.8, 4) is 0 Å². The van der Waals surface area contributed by atoms with Crippen molar-refractivity contribution in [1.29, 1.82) is 0 Å². The van der Waals surface area contributed by atoms with E-state index in [4.69, 9.17) is 0 Å². The molecule has 0 amide bonds. The Morgan fingerprint density at radius 2 is 1.79 bits per heavy atom. The Kier molecular flexibility index (Phi) is 4.02. The standard InChI is InChI=1S/C15H23NO2S/c1-15(2,3)13-8-7-11-16(12-13)19(17,18)14-9-5-4-6-10-14/h4-6,9-10,13H,7-8,11-12H2,1-3H3. The number of hydrogen-bond donors (Lipinski definition) is 0. The zero-order chi connectivity index (χ0) is 14.1. The lowest BCUT2D eigenvalue weighted by molar-refractivity contribution is 0.148. The highest BCUT2D eigenvalue weighted by Gasteiger charge is 2.34. The number of nitrogens with zero attached hydrogens (tertiary/aromatic N) is 1. The van der Waals surface area contributed by atoms with Gasteiger partial charge in [0.2, 0.25) is 10.0 Å². The van der Waals surface area contributed by atoms with Gasteiger partial charge >= 0.3 is 0 Å². The lowest BCUT2D eigenvalue weighted by Gasteiger charge is -2.39. The van der Waals surface area contributed by atoms with Gasteiger partial charge in [-0.1, -0.05) is 39.0 Å². The average molecular weight is 281 g/mol. The van der Waals surface area contributed by atoms with Gasteiger partial charge in [-0.3, -0.25) is 0 Å². The molecule has 0 N–H and O–H groups in total. The van der Waals surface area contributed by atoms with Gasteiger partial charge in [0.1, 0.15) is 0 Å². The lowest BCUT2D eigenvalue weighted by Crippen LogP contribution is -2.43. The largest absolute Gasteiger partial charge is 0.243 e. The van der Waals surface area contributed by atoms with Crippen LogP contribution in [0, 0.1) is 11.3 Å². The quantitative estimate of drug-likeness (QED) is 0.835. The van der Waals surface area contributed by atoms with Crippen molar-refractivity contribution >= 4 is 10.0 Å². The van der Waals surface area contributed by atoms with E-state index in [2.05, 4.69) is 20.8 Å². The molecular formula is C15H23NO2S. The number of piperidine rings is 1. The molecule has 0 bridgehead atoms. The van der Waals surface area contributed by atoms with Crippen LogP contribution in [-0.2, 0) is 10.0 Å². The second-order valence-corrected chi connectivity index (χ2v) is 8.32. The molecule has 106 valence electrons. The van der Waals surface area contributed by atoms with Gasteiger partial charge < -0.3 is 0 Å². The maximum absolute atomic E-state index is 12.6. The molecule has 1 aromatic rings. The molecule has 1 unspecified atom stereocenters. The van der Waals surface area contributed by atoms with Gasteiger partial charge in [-0.2, -0.15) is 4.31 Å². The van der Waals surface area contributed by atoms with Crippen LogP contribution in [0.3, 0.4) is 0 Å². The normalized spacial score (nSPS) is 22.4. The van der Waals surface area contributed by atoms with E-state index in [0.717, 1.165) is 12.8 Å². The fourth-order valence-corrected chi connectivity index (χ4v) is 4.15. The third-order valence-corrected chi connectivity index (χ3v) is 5.87. The molecule has 1 atom stereocenters. The molecule has 0 aliphatic carbocycles. The van der Waals surface area contributed by atoms with E-state index in [-0.39, 0.29) is 5.41 Å². The van der Waals surface area contributed by atoms with Crippen molar-refractivity contribution in [2.75, 3.05) is 13.1 Å². The van der Waals surface area contributed by atoms with Gasteiger partial charge in [-0.25, -0.2) is 8.42 Å². The maximum Gasteiger partial charge on any atom is 0.243 e. The number of sulfonamides is 1. The predicted octanol–water partition coefficient (Wildman–Crippen LogP) is 3.13. The molecule has 1 heterocycles. The Morgan fingerprint density at radius 3 is 2.37 bits per heavy atom. The Morgan fingerprint density at radius 1 is 1.16 bits per heavy atom. The molecule has 1 aromatic carbocycles. The monoisotopic (exact) mass is 281 g/mol. The van der Waals surface area contributed by atoms with E-state index in [1.807, 2.05) is 6.07 Å². The van der Waals surface area contributed by atoms with Crippen LogP contribution < -0.4 is 0 Å². The molecule has 0 radical (unpaired) electrons. The minimum atomic E-state index is -3.32. The molecule has 0 spiro atoms. The molecule has 2 rings (SSSR count). The summed E-state index contributed by atoms with van der Waals surface area (Å²) in [6.07, 6.45) is 2.07. The Labute approximate surface area is 116 Å². The lowest BCUT2D eigenvalue weighted by atomic mass is 9.77. The predicted molar refractivity (Wildman–Crippen MR) is 77.4 cm³/mol. The van der Waals surface area contributed by atoms with Gasteiger partial charge in [0, 0.05) is 13.1 Å². The Bertz CT molecular complexity index is 517. The molecule has 1 fully saturated rings. The summed E-state index contributed by atoms with van der Waals surface area (Å²) in [5, 5.41) is 0. The van der Waals surface area contributed by atoms with E-state index >= 15 is 0 Å². The summed E-state index contributed by atoms with van der Waals surface area (Å²) in [6, 6.07) is 8.75. The third kappa shape index (κ3) is 3.18. The van der Waals surface area contributed by atoms with E-state index in [1.165, 1.54) is 0 Å². The number of rotatable bonds is 2. The first-order valence-electron chi connectivity index (χ1n) is 6.87. The molecule has 0 aromatic heterocycles. The highest BCUT2D eigenvalue weighted by atomic mass is 32.2. The fraction of sp³-hybridized carbons (Fsp3) is 0.600. The van der Waals surface area contributed by atoms with Gasteiger partial charge in [0.15, 0.2) is 0 Å². The zero-order valence-corrected chi connectivity index (χ0v) is 12.8. The van der Waals surface area contributed by atoms with Gasteiger partial charge in [-0.05, 0) is 36.3 Å². The SMILES string of the molecule is CC(C)(C)C1CCCN(S(=O)(=O)c2ccccc2)C1. The molecule has 1 aliphatic rings. The first kappa shape index (κ1) is 14.5. The molecule has 3 nitrogen and oxygen atoms in total. The molecule has 19 heavy (non-hydrogen) atoms. The van der Waals surface area contributed by atoms with Crippen molar-refractivity contribution in [1.82, 2.24) is 4.31 Å². The first-order valence-corrected chi connectivity index (χ1v) is 8.31. The molecular weight excluding hydrogens is 258 g/mol. The Hall–Kier alpha value is -0.870. The van der Waals surface area contributed by atoms with Gasteiger partial charge in [0.05, 0.1) is 4.90 Å². The minimum Gasteiger partial charge on any atom is -0.207 e.